The Morgan fingerprint density at radius 3 is 1.74 bits per heavy atom. The zero-order valence-corrected chi connectivity index (χ0v) is 25.4. The molecule has 6 nitrogen and oxygen atoms in total. The van der Waals surface area contributed by atoms with Gasteiger partial charge in [0.05, 0.1) is 11.0 Å². The van der Waals surface area contributed by atoms with E-state index in [1.54, 1.807) is 12.4 Å². The quantitative estimate of drug-likeness (QED) is 0.204. The summed E-state index contributed by atoms with van der Waals surface area (Å²) in [6.07, 6.45) is 3.59. The third-order valence-corrected chi connectivity index (χ3v) is 9.18. The number of rotatable bonds is 4. The fraction of sp³-hybridized carbons (Fsp3) is 0.0750. The molecule has 6 heteroatoms. The van der Waals surface area contributed by atoms with Crippen LogP contribution in [0.4, 0.5) is 0 Å². The van der Waals surface area contributed by atoms with E-state index in [1.165, 1.54) is 22.3 Å². The third kappa shape index (κ3) is 4.00. The van der Waals surface area contributed by atoms with Crippen molar-refractivity contribution in [3.05, 3.63) is 145 Å². The molecule has 0 aliphatic heterocycles. The van der Waals surface area contributed by atoms with Gasteiger partial charge in [-0.15, -0.1) is 0 Å². The van der Waals surface area contributed by atoms with Crippen LogP contribution in [-0.4, -0.2) is 29.5 Å². The fourth-order valence-electron chi connectivity index (χ4n) is 6.91. The van der Waals surface area contributed by atoms with E-state index in [-0.39, 0.29) is 5.41 Å². The average Bonchev–Trinajstić information content (AvgIpc) is 3.56. The van der Waals surface area contributed by atoms with Crippen LogP contribution in [0.25, 0.3) is 73.0 Å². The fourth-order valence-corrected chi connectivity index (χ4v) is 6.91. The number of benzene rings is 5. The summed E-state index contributed by atoms with van der Waals surface area (Å²) in [6, 6.07) is 41.9. The largest absolute Gasteiger partial charge is 0.278 e. The van der Waals surface area contributed by atoms with Crippen LogP contribution in [0.3, 0.4) is 0 Å². The molecule has 0 saturated carbocycles. The van der Waals surface area contributed by atoms with Crippen molar-refractivity contribution >= 4 is 21.8 Å². The SMILES string of the molecule is CC1(C)c2ccccc2-c2cc3c4cc(-c5nc(-c6ccccc6)nc(-c6ccccc6)n5)ccc4n(-c4ncccn4)c3cc21. The van der Waals surface area contributed by atoms with E-state index in [9.17, 15) is 0 Å². The summed E-state index contributed by atoms with van der Waals surface area (Å²) in [5, 5.41) is 2.23. The first-order valence-electron chi connectivity index (χ1n) is 15.4. The van der Waals surface area contributed by atoms with Gasteiger partial charge in [0.25, 0.3) is 0 Å². The maximum absolute atomic E-state index is 5.00. The van der Waals surface area contributed by atoms with Gasteiger partial charge >= 0.3 is 0 Å². The van der Waals surface area contributed by atoms with E-state index in [0.29, 0.717) is 23.4 Å². The lowest BCUT2D eigenvalue weighted by molar-refractivity contribution is 0.661. The highest BCUT2D eigenvalue weighted by Gasteiger charge is 2.36. The Labute approximate surface area is 266 Å². The summed E-state index contributed by atoms with van der Waals surface area (Å²) in [4.78, 5) is 24.3. The Bertz CT molecular complexity index is 2370. The number of aromatic nitrogens is 6. The maximum atomic E-state index is 5.00. The normalized spacial score (nSPS) is 13.2. The molecule has 218 valence electrons. The molecule has 0 unspecified atom stereocenters. The summed E-state index contributed by atoms with van der Waals surface area (Å²) in [7, 11) is 0. The van der Waals surface area contributed by atoms with Crippen molar-refractivity contribution < 1.29 is 0 Å². The molecule has 9 rings (SSSR count). The second-order valence-electron chi connectivity index (χ2n) is 12.2. The van der Waals surface area contributed by atoms with Crippen LogP contribution in [0, 0.1) is 0 Å². The second kappa shape index (κ2) is 10.0. The van der Waals surface area contributed by atoms with E-state index in [4.69, 9.17) is 15.0 Å². The second-order valence-corrected chi connectivity index (χ2v) is 12.2. The van der Waals surface area contributed by atoms with Crippen molar-refractivity contribution in [3.8, 4) is 51.2 Å². The van der Waals surface area contributed by atoms with Crippen LogP contribution in [0.5, 0.6) is 0 Å². The van der Waals surface area contributed by atoms with Crippen molar-refractivity contribution in [2.45, 2.75) is 19.3 Å². The highest BCUT2D eigenvalue weighted by atomic mass is 15.1. The number of fused-ring (bicyclic) bond motifs is 6. The summed E-state index contributed by atoms with van der Waals surface area (Å²) < 4.78 is 2.17. The maximum Gasteiger partial charge on any atom is 0.234 e. The molecule has 5 aromatic carbocycles. The lowest BCUT2D eigenvalue weighted by Gasteiger charge is -2.21. The van der Waals surface area contributed by atoms with E-state index >= 15 is 0 Å². The van der Waals surface area contributed by atoms with Crippen LogP contribution >= 0.6 is 0 Å². The number of hydrogen-bond acceptors (Lipinski definition) is 5. The molecule has 0 bridgehead atoms. The molecule has 3 heterocycles. The zero-order valence-electron chi connectivity index (χ0n) is 25.4. The van der Waals surface area contributed by atoms with Gasteiger partial charge in [-0.2, -0.15) is 0 Å². The topological polar surface area (TPSA) is 69.4 Å². The third-order valence-electron chi connectivity index (χ3n) is 9.18. The Morgan fingerprint density at radius 2 is 1.07 bits per heavy atom. The van der Waals surface area contributed by atoms with Crippen molar-refractivity contribution in [2.75, 3.05) is 0 Å². The predicted octanol–water partition coefficient (Wildman–Crippen LogP) is 9.07. The zero-order chi connectivity index (χ0) is 30.8. The Kier molecular flexibility index (Phi) is 5.74. The molecule has 0 fully saturated rings. The van der Waals surface area contributed by atoms with Crippen LogP contribution in [0.1, 0.15) is 25.0 Å². The first-order chi connectivity index (χ1) is 22.6. The molecule has 1 aliphatic carbocycles. The highest BCUT2D eigenvalue weighted by molar-refractivity contribution is 6.12. The van der Waals surface area contributed by atoms with Crippen molar-refractivity contribution in [1.29, 1.82) is 0 Å². The van der Waals surface area contributed by atoms with Crippen LogP contribution in [-0.2, 0) is 5.41 Å². The molecule has 1 aliphatic rings. The van der Waals surface area contributed by atoms with Crippen LogP contribution in [0.15, 0.2) is 134 Å². The molecule has 0 amide bonds. The summed E-state index contributed by atoms with van der Waals surface area (Å²) >= 11 is 0. The van der Waals surface area contributed by atoms with Gasteiger partial charge in [0.1, 0.15) is 0 Å². The molecule has 46 heavy (non-hydrogen) atoms. The minimum Gasteiger partial charge on any atom is -0.278 e. The van der Waals surface area contributed by atoms with Crippen molar-refractivity contribution in [1.82, 2.24) is 29.5 Å². The molecular formula is C40H28N6. The first-order valence-corrected chi connectivity index (χ1v) is 15.4. The lowest BCUT2D eigenvalue weighted by atomic mass is 9.82. The highest BCUT2D eigenvalue weighted by Crippen LogP contribution is 2.51. The number of nitrogens with zero attached hydrogens (tertiary/aromatic N) is 6. The summed E-state index contributed by atoms with van der Waals surface area (Å²) in [5.74, 6) is 2.54. The van der Waals surface area contributed by atoms with Gasteiger partial charge in [0.2, 0.25) is 5.95 Å². The molecule has 8 aromatic rings. The molecule has 0 saturated heterocycles. The van der Waals surface area contributed by atoms with Gasteiger partial charge in [0, 0.05) is 45.3 Å². The molecule has 3 aromatic heterocycles. The minimum absolute atomic E-state index is 0.128. The lowest BCUT2D eigenvalue weighted by Crippen LogP contribution is -2.15. The smallest absolute Gasteiger partial charge is 0.234 e. The predicted molar refractivity (Wildman–Crippen MR) is 184 cm³/mol. The average molecular weight is 593 g/mol. The van der Waals surface area contributed by atoms with Gasteiger partial charge in [0.15, 0.2) is 17.5 Å². The molecular weight excluding hydrogens is 564 g/mol. The van der Waals surface area contributed by atoms with Gasteiger partial charge in [-0.05, 0) is 58.7 Å². The van der Waals surface area contributed by atoms with Gasteiger partial charge in [-0.3, -0.25) is 4.57 Å². The summed E-state index contributed by atoms with van der Waals surface area (Å²) in [6.45, 7) is 4.62. The molecule has 0 radical (unpaired) electrons. The molecule has 0 spiro atoms. The molecule has 0 N–H and O–H groups in total. The van der Waals surface area contributed by atoms with Crippen molar-refractivity contribution in [3.63, 3.8) is 0 Å². The van der Waals surface area contributed by atoms with Gasteiger partial charge < -0.3 is 0 Å². The van der Waals surface area contributed by atoms with E-state index in [2.05, 4.69) is 83.0 Å². The monoisotopic (exact) mass is 592 g/mol. The first kappa shape index (κ1) is 26.4. The van der Waals surface area contributed by atoms with Crippen LogP contribution in [0.2, 0.25) is 0 Å². The van der Waals surface area contributed by atoms with Gasteiger partial charge in [-0.1, -0.05) is 98.8 Å². The Balaban J connectivity index is 1.32. The molecule has 0 atom stereocenters. The van der Waals surface area contributed by atoms with E-state index in [1.807, 2.05) is 66.7 Å². The van der Waals surface area contributed by atoms with E-state index in [0.717, 1.165) is 38.5 Å². The van der Waals surface area contributed by atoms with Crippen LogP contribution < -0.4 is 0 Å². The number of hydrogen-bond donors (Lipinski definition) is 0. The Hall–Kier alpha value is -6.01. The van der Waals surface area contributed by atoms with E-state index < -0.39 is 0 Å². The summed E-state index contributed by atoms with van der Waals surface area (Å²) in [5.41, 5.74) is 9.98. The Morgan fingerprint density at radius 1 is 0.478 bits per heavy atom. The standard InChI is InChI=1S/C40H28N6/c1-40(2)32-17-10-9-16-28(32)29-23-31-30-22-27(18-19-34(30)46(35(31)24-33(29)40)39-41-20-11-21-42-39)38-44-36(25-12-5-3-6-13-25)43-37(45-38)26-14-7-4-8-15-26/h3-24H,1-2H3. The van der Waals surface area contributed by atoms with Crippen molar-refractivity contribution in [2.24, 2.45) is 0 Å². The van der Waals surface area contributed by atoms with Gasteiger partial charge in [-0.25, -0.2) is 24.9 Å². The minimum atomic E-state index is -0.128.